The van der Waals surface area contributed by atoms with Crippen LogP contribution >= 0.6 is 0 Å². The molecule has 2 nitrogen and oxygen atoms in total. The molecule has 1 aliphatic carbocycles. The molecule has 1 spiro atoms. The highest BCUT2D eigenvalue weighted by molar-refractivity contribution is 5.28. The van der Waals surface area contributed by atoms with E-state index in [1.54, 1.807) is 6.07 Å². The van der Waals surface area contributed by atoms with E-state index in [4.69, 9.17) is 4.74 Å². The van der Waals surface area contributed by atoms with Gasteiger partial charge in [0.25, 0.3) is 0 Å². The van der Waals surface area contributed by atoms with Gasteiger partial charge in [-0.15, -0.1) is 0 Å². The number of halogens is 3. The molecule has 3 rings (SSSR count). The van der Waals surface area contributed by atoms with Crippen LogP contribution in [0.25, 0.3) is 0 Å². The van der Waals surface area contributed by atoms with Gasteiger partial charge in [-0.3, -0.25) is 0 Å². The summed E-state index contributed by atoms with van der Waals surface area (Å²) in [6.45, 7) is 1.18. The number of alkyl halides is 3. The Balaban J connectivity index is 1.76. The third kappa shape index (κ3) is 2.24. The lowest BCUT2D eigenvalue weighted by Crippen LogP contribution is -2.44. The van der Waals surface area contributed by atoms with Gasteiger partial charge in [-0.1, -0.05) is 12.1 Å². The van der Waals surface area contributed by atoms with Gasteiger partial charge in [-0.25, -0.2) is 0 Å². The van der Waals surface area contributed by atoms with E-state index in [9.17, 15) is 13.2 Å². The molecule has 98 valence electrons. The van der Waals surface area contributed by atoms with Crippen molar-refractivity contribution in [2.24, 2.45) is 0 Å². The molecule has 1 unspecified atom stereocenters. The first-order valence-corrected chi connectivity index (χ1v) is 6.02. The summed E-state index contributed by atoms with van der Waals surface area (Å²) in [5.74, 6) is 0. The fourth-order valence-electron chi connectivity index (χ4n) is 2.28. The summed E-state index contributed by atoms with van der Waals surface area (Å²) in [6.07, 6.45) is -2.38. The number of benzene rings is 1. The third-order valence-corrected chi connectivity index (χ3v) is 3.66. The van der Waals surface area contributed by atoms with Crippen molar-refractivity contribution in [2.75, 3.05) is 13.2 Å². The van der Waals surface area contributed by atoms with Crippen LogP contribution in [0.1, 0.15) is 30.1 Å². The van der Waals surface area contributed by atoms with E-state index in [1.165, 1.54) is 12.1 Å². The van der Waals surface area contributed by atoms with E-state index >= 15 is 0 Å². The zero-order chi connectivity index (χ0) is 12.8. The van der Waals surface area contributed by atoms with Gasteiger partial charge < -0.3 is 10.1 Å². The van der Waals surface area contributed by atoms with Gasteiger partial charge in [-0.2, -0.15) is 13.2 Å². The van der Waals surface area contributed by atoms with E-state index in [2.05, 4.69) is 5.32 Å². The summed E-state index contributed by atoms with van der Waals surface area (Å²) in [5, 5.41) is 3.37. The molecule has 1 saturated heterocycles. The SMILES string of the molecule is FC(F)(F)c1cccc(C2CNC3(CC3)CO2)c1. The van der Waals surface area contributed by atoms with Gasteiger partial charge >= 0.3 is 6.18 Å². The average molecular weight is 257 g/mol. The lowest BCUT2D eigenvalue weighted by molar-refractivity contribution is -0.137. The zero-order valence-corrected chi connectivity index (χ0v) is 9.76. The molecule has 2 fully saturated rings. The first kappa shape index (κ1) is 12.0. The molecule has 1 saturated carbocycles. The van der Waals surface area contributed by atoms with E-state index in [0.29, 0.717) is 18.7 Å². The average Bonchev–Trinajstić information content (AvgIpc) is 3.09. The Morgan fingerprint density at radius 3 is 2.61 bits per heavy atom. The maximum Gasteiger partial charge on any atom is 0.416 e. The van der Waals surface area contributed by atoms with Crippen molar-refractivity contribution in [3.63, 3.8) is 0 Å². The van der Waals surface area contributed by atoms with Crippen LogP contribution in [-0.4, -0.2) is 18.7 Å². The lowest BCUT2D eigenvalue weighted by Gasteiger charge is -2.31. The van der Waals surface area contributed by atoms with Crippen LogP contribution in [0.4, 0.5) is 13.2 Å². The topological polar surface area (TPSA) is 21.3 Å². The molecule has 1 N–H and O–H groups in total. The van der Waals surface area contributed by atoms with Gasteiger partial charge in [0, 0.05) is 12.1 Å². The first-order valence-electron chi connectivity index (χ1n) is 6.02. The third-order valence-electron chi connectivity index (χ3n) is 3.66. The minimum absolute atomic E-state index is 0.123. The maximum absolute atomic E-state index is 12.6. The monoisotopic (exact) mass is 257 g/mol. The molecule has 0 bridgehead atoms. The van der Waals surface area contributed by atoms with Crippen molar-refractivity contribution >= 4 is 0 Å². The Bertz CT molecular complexity index is 444. The van der Waals surface area contributed by atoms with E-state index in [0.717, 1.165) is 18.9 Å². The molecule has 18 heavy (non-hydrogen) atoms. The molecule has 1 aliphatic heterocycles. The second kappa shape index (κ2) is 3.96. The zero-order valence-electron chi connectivity index (χ0n) is 9.76. The smallest absolute Gasteiger partial charge is 0.370 e. The van der Waals surface area contributed by atoms with Gasteiger partial charge in [-0.05, 0) is 30.5 Å². The second-order valence-electron chi connectivity index (χ2n) is 5.08. The van der Waals surface area contributed by atoms with E-state index in [-0.39, 0.29) is 11.6 Å². The predicted octanol–water partition coefficient (Wildman–Crippen LogP) is 2.90. The van der Waals surface area contributed by atoms with Gasteiger partial charge in [0.15, 0.2) is 0 Å². The molecule has 0 aromatic heterocycles. The van der Waals surface area contributed by atoms with Crippen molar-refractivity contribution in [3.8, 4) is 0 Å². The van der Waals surface area contributed by atoms with Gasteiger partial charge in [0.2, 0.25) is 0 Å². The number of hydrogen-bond donors (Lipinski definition) is 1. The van der Waals surface area contributed by atoms with Crippen molar-refractivity contribution in [3.05, 3.63) is 35.4 Å². The van der Waals surface area contributed by atoms with Crippen LogP contribution in [0, 0.1) is 0 Å². The lowest BCUT2D eigenvalue weighted by atomic mass is 10.0. The summed E-state index contributed by atoms with van der Waals surface area (Å²) >= 11 is 0. The minimum Gasteiger partial charge on any atom is -0.370 e. The molecular formula is C13H14F3NO. The van der Waals surface area contributed by atoms with Crippen LogP contribution in [-0.2, 0) is 10.9 Å². The van der Waals surface area contributed by atoms with Crippen molar-refractivity contribution in [2.45, 2.75) is 30.7 Å². The molecule has 1 heterocycles. The highest BCUT2D eigenvalue weighted by Gasteiger charge is 2.46. The summed E-state index contributed by atoms with van der Waals surface area (Å²) in [5.41, 5.74) is 0.0983. The normalized spacial score (nSPS) is 26.3. The molecule has 5 heteroatoms. The quantitative estimate of drug-likeness (QED) is 0.835. The largest absolute Gasteiger partial charge is 0.416 e. The summed E-state index contributed by atoms with van der Waals surface area (Å²) in [4.78, 5) is 0. The van der Waals surface area contributed by atoms with Gasteiger partial charge in [0.1, 0.15) is 0 Å². The highest BCUT2D eigenvalue weighted by atomic mass is 19.4. The number of hydrogen-bond acceptors (Lipinski definition) is 2. The Morgan fingerprint density at radius 2 is 2.06 bits per heavy atom. The molecule has 0 radical (unpaired) electrons. The fraction of sp³-hybridized carbons (Fsp3) is 0.538. The van der Waals surface area contributed by atoms with Crippen molar-refractivity contribution in [1.29, 1.82) is 0 Å². The van der Waals surface area contributed by atoms with E-state index in [1.807, 2.05) is 0 Å². The van der Waals surface area contributed by atoms with E-state index < -0.39 is 11.7 Å². The van der Waals surface area contributed by atoms with Crippen LogP contribution in [0.3, 0.4) is 0 Å². The predicted molar refractivity (Wildman–Crippen MR) is 60.1 cm³/mol. The fourth-order valence-corrected chi connectivity index (χ4v) is 2.28. The Labute approximate surface area is 103 Å². The Hall–Kier alpha value is -1.07. The summed E-state index contributed by atoms with van der Waals surface area (Å²) in [6, 6.07) is 5.38. The number of nitrogens with one attached hydrogen (secondary N) is 1. The summed E-state index contributed by atoms with van der Waals surface area (Å²) in [7, 11) is 0. The molecule has 0 amide bonds. The number of morpholine rings is 1. The van der Waals surface area contributed by atoms with Crippen molar-refractivity contribution in [1.82, 2.24) is 5.32 Å². The number of ether oxygens (including phenoxy) is 1. The molecule has 1 aromatic carbocycles. The van der Waals surface area contributed by atoms with Crippen LogP contribution < -0.4 is 5.32 Å². The Kier molecular flexibility index (Phi) is 2.64. The van der Waals surface area contributed by atoms with Crippen molar-refractivity contribution < 1.29 is 17.9 Å². The number of rotatable bonds is 1. The minimum atomic E-state index is -4.30. The second-order valence-corrected chi connectivity index (χ2v) is 5.08. The Morgan fingerprint density at radius 1 is 1.28 bits per heavy atom. The van der Waals surface area contributed by atoms with Crippen LogP contribution in [0.5, 0.6) is 0 Å². The molecular weight excluding hydrogens is 243 g/mol. The molecule has 2 aliphatic rings. The summed E-state index contributed by atoms with van der Waals surface area (Å²) < 4.78 is 43.5. The molecule has 1 aromatic rings. The maximum atomic E-state index is 12.6. The van der Waals surface area contributed by atoms with Gasteiger partial charge in [0.05, 0.1) is 18.3 Å². The van der Waals surface area contributed by atoms with Crippen LogP contribution in [0.2, 0.25) is 0 Å². The highest BCUT2D eigenvalue weighted by Crippen LogP contribution is 2.40. The molecule has 1 atom stereocenters. The standard InChI is InChI=1S/C13H14F3NO/c14-13(15,16)10-3-1-2-9(6-10)11-7-17-12(4-5-12)8-18-11/h1-3,6,11,17H,4-5,7-8H2. The first-order chi connectivity index (χ1) is 8.49. The van der Waals surface area contributed by atoms with Crippen LogP contribution in [0.15, 0.2) is 24.3 Å².